The molecule has 5 nitrogen and oxygen atoms in total. The van der Waals surface area contributed by atoms with Crippen molar-refractivity contribution in [1.82, 2.24) is 4.31 Å². The van der Waals surface area contributed by atoms with Gasteiger partial charge in [0.15, 0.2) is 0 Å². The van der Waals surface area contributed by atoms with E-state index in [0.29, 0.717) is 12.8 Å². The molecule has 0 aliphatic carbocycles. The molecule has 0 bridgehead atoms. The minimum Gasteiger partial charge on any atom is -0.468 e. The Morgan fingerprint density at radius 2 is 1.67 bits per heavy atom. The van der Waals surface area contributed by atoms with Gasteiger partial charge in [0.25, 0.3) is 0 Å². The van der Waals surface area contributed by atoms with Crippen LogP contribution in [0, 0.1) is 30.6 Å². The smallest absolute Gasteiger partial charge is 0.325 e. The monoisotopic (exact) mass is 421 g/mol. The average molecular weight is 422 g/mol. The lowest BCUT2D eigenvalue weighted by Gasteiger charge is -2.28. The van der Waals surface area contributed by atoms with Crippen molar-refractivity contribution in [1.29, 1.82) is 0 Å². The SMILES string of the molecule is COC(=O)[C@@H]1CC#Cc2ccccc2C#CCCCN1S(=O)(=O)c1ccc(C)cc1. The molecule has 0 N–H and O–H groups in total. The lowest BCUT2D eigenvalue weighted by molar-refractivity contribution is -0.145. The molecule has 1 heterocycles. The number of methoxy groups -OCH3 is 1. The zero-order chi connectivity index (χ0) is 21.6. The molecular formula is C24H23NO4S. The maximum Gasteiger partial charge on any atom is 0.325 e. The van der Waals surface area contributed by atoms with E-state index in [1.807, 2.05) is 31.2 Å². The number of esters is 1. The van der Waals surface area contributed by atoms with Crippen LogP contribution in [0.4, 0.5) is 0 Å². The topological polar surface area (TPSA) is 63.7 Å². The van der Waals surface area contributed by atoms with Crippen LogP contribution in [0.3, 0.4) is 0 Å². The van der Waals surface area contributed by atoms with E-state index >= 15 is 0 Å². The molecule has 30 heavy (non-hydrogen) atoms. The van der Waals surface area contributed by atoms with Gasteiger partial charge in [-0.25, -0.2) is 8.42 Å². The zero-order valence-corrected chi connectivity index (χ0v) is 17.8. The van der Waals surface area contributed by atoms with Gasteiger partial charge in [-0.3, -0.25) is 4.79 Å². The first-order valence-electron chi connectivity index (χ1n) is 9.66. The fourth-order valence-corrected chi connectivity index (χ4v) is 4.77. The second-order valence-electron chi connectivity index (χ2n) is 6.92. The molecular weight excluding hydrogens is 398 g/mol. The Labute approximate surface area is 178 Å². The summed E-state index contributed by atoms with van der Waals surface area (Å²) in [6.45, 7) is 2.03. The predicted molar refractivity (Wildman–Crippen MR) is 115 cm³/mol. The van der Waals surface area contributed by atoms with Gasteiger partial charge in [-0.05, 0) is 37.6 Å². The van der Waals surface area contributed by atoms with Gasteiger partial charge < -0.3 is 4.74 Å². The van der Waals surface area contributed by atoms with E-state index in [1.165, 1.54) is 11.4 Å². The standard InChI is InChI=1S/C24H23NO4S/c1-19-14-16-22(17-15-19)30(27,28)25-18-7-3-4-9-20-10-5-6-11-21(20)12-8-13-23(25)24(26)29-2/h5-6,10-11,14-17,23H,3,7,13,18H2,1-2H3/t23-/m0/s1. The number of fused-ring (bicyclic) bond motifs is 1. The summed E-state index contributed by atoms with van der Waals surface area (Å²) < 4.78 is 32.9. The van der Waals surface area contributed by atoms with Crippen molar-refractivity contribution >= 4 is 16.0 Å². The average Bonchev–Trinajstić information content (AvgIpc) is 2.74. The van der Waals surface area contributed by atoms with Crippen LogP contribution in [-0.4, -0.2) is 38.4 Å². The first-order chi connectivity index (χ1) is 14.4. The van der Waals surface area contributed by atoms with Gasteiger partial charge in [0.2, 0.25) is 10.0 Å². The third-order valence-electron chi connectivity index (χ3n) is 4.80. The summed E-state index contributed by atoms with van der Waals surface area (Å²) in [6.07, 6.45) is 1.01. The molecule has 2 aromatic carbocycles. The predicted octanol–water partition coefficient (Wildman–Crippen LogP) is 3.11. The van der Waals surface area contributed by atoms with Gasteiger partial charge in [-0.15, -0.1) is 0 Å². The molecule has 2 aromatic rings. The molecule has 0 fully saturated rings. The second-order valence-corrected chi connectivity index (χ2v) is 8.82. The van der Waals surface area contributed by atoms with E-state index in [9.17, 15) is 13.2 Å². The molecule has 0 radical (unpaired) electrons. The number of benzene rings is 2. The van der Waals surface area contributed by atoms with Crippen molar-refractivity contribution < 1.29 is 17.9 Å². The Morgan fingerprint density at radius 1 is 1.03 bits per heavy atom. The maximum atomic E-state index is 13.4. The van der Waals surface area contributed by atoms with E-state index < -0.39 is 22.0 Å². The molecule has 1 aliphatic heterocycles. The van der Waals surface area contributed by atoms with Crippen LogP contribution < -0.4 is 0 Å². The molecule has 0 saturated carbocycles. The Bertz CT molecular complexity index is 1150. The number of hydrogen-bond acceptors (Lipinski definition) is 4. The van der Waals surface area contributed by atoms with Crippen LogP contribution >= 0.6 is 0 Å². The highest BCUT2D eigenvalue weighted by Gasteiger charge is 2.35. The largest absolute Gasteiger partial charge is 0.468 e. The zero-order valence-electron chi connectivity index (χ0n) is 17.0. The fraction of sp³-hybridized carbons (Fsp3) is 0.292. The van der Waals surface area contributed by atoms with E-state index in [-0.39, 0.29) is 17.9 Å². The van der Waals surface area contributed by atoms with Crippen molar-refractivity contribution in [2.24, 2.45) is 0 Å². The molecule has 6 heteroatoms. The Balaban J connectivity index is 2.04. The van der Waals surface area contributed by atoms with Crippen molar-refractivity contribution in [3.63, 3.8) is 0 Å². The molecule has 1 aliphatic rings. The summed E-state index contributed by atoms with van der Waals surface area (Å²) in [5, 5.41) is 0. The number of carbonyl (C=O) groups excluding carboxylic acids is 1. The number of carbonyl (C=O) groups is 1. The van der Waals surface area contributed by atoms with Crippen LogP contribution in [0.2, 0.25) is 0 Å². The van der Waals surface area contributed by atoms with Crippen molar-refractivity contribution in [3.8, 4) is 23.7 Å². The molecule has 0 amide bonds. The minimum atomic E-state index is -3.92. The first-order valence-corrected chi connectivity index (χ1v) is 11.1. The van der Waals surface area contributed by atoms with E-state index in [4.69, 9.17) is 4.74 Å². The number of ether oxygens (including phenoxy) is 1. The molecule has 0 spiro atoms. The maximum absolute atomic E-state index is 13.4. The highest BCUT2D eigenvalue weighted by Crippen LogP contribution is 2.22. The number of sulfonamides is 1. The first kappa shape index (κ1) is 21.6. The third kappa shape index (κ3) is 4.91. The second kappa shape index (κ2) is 9.63. The Hall–Kier alpha value is -3.06. The van der Waals surface area contributed by atoms with Gasteiger partial charge in [-0.1, -0.05) is 53.5 Å². The number of aryl methyl sites for hydroxylation is 1. The van der Waals surface area contributed by atoms with Gasteiger partial charge >= 0.3 is 5.97 Å². The van der Waals surface area contributed by atoms with Crippen LogP contribution in [0.25, 0.3) is 0 Å². The Kier molecular flexibility index (Phi) is 6.95. The van der Waals surface area contributed by atoms with Crippen molar-refractivity contribution in [2.45, 2.75) is 37.1 Å². The number of nitrogens with zero attached hydrogens (tertiary/aromatic N) is 1. The molecule has 154 valence electrons. The minimum absolute atomic E-state index is 0.0273. The molecule has 1 atom stereocenters. The fourth-order valence-electron chi connectivity index (χ4n) is 3.15. The summed E-state index contributed by atoms with van der Waals surface area (Å²) in [5.41, 5.74) is 2.53. The highest BCUT2D eigenvalue weighted by molar-refractivity contribution is 7.89. The lowest BCUT2D eigenvalue weighted by atomic mass is 10.1. The van der Waals surface area contributed by atoms with Crippen molar-refractivity contribution in [2.75, 3.05) is 13.7 Å². The quantitative estimate of drug-likeness (QED) is 0.564. The van der Waals surface area contributed by atoms with Gasteiger partial charge in [0, 0.05) is 30.5 Å². The summed E-state index contributed by atoms with van der Waals surface area (Å²) >= 11 is 0. The summed E-state index contributed by atoms with van der Waals surface area (Å²) in [5.74, 6) is 11.5. The molecule has 0 unspecified atom stereocenters. The van der Waals surface area contributed by atoms with Crippen LogP contribution in [0.5, 0.6) is 0 Å². The van der Waals surface area contributed by atoms with Crippen LogP contribution in [-0.2, 0) is 19.6 Å². The van der Waals surface area contributed by atoms with E-state index in [2.05, 4.69) is 23.7 Å². The third-order valence-corrected chi connectivity index (χ3v) is 6.72. The van der Waals surface area contributed by atoms with E-state index in [0.717, 1.165) is 16.7 Å². The normalized spacial score (nSPS) is 17.1. The summed E-state index contributed by atoms with van der Waals surface area (Å²) in [4.78, 5) is 12.7. The molecule has 3 rings (SSSR count). The summed E-state index contributed by atoms with van der Waals surface area (Å²) in [6, 6.07) is 13.1. The van der Waals surface area contributed by atoms with E-state index in [1.54, 1.807) is 24.3 Å². The summed E-state index contributed by atoms with van der Waals surface area (Å²) in [7, 11) is -2.66. The van der Waals surface area contributed by atoms with Gasteiger partial charge in [-0.2, -0.15) is 4.31 Å². The van der Waals surface area contributed by atoms with Gasteiger partial charge in [0.1, 0.15) is 6.04 Å². The molecule has 0 saturated heterocycles. The number of hydrogen-bond donors (Lipinski definition) is 0. The van der Waals surface area contributed by atoms with Crippen LogP contribution in [0.1, 0.15) is 36.0 Å². The lowest BCUT2D eigenvalue weighted by Crippen LogP contribution is -2.46. The van der Waals surface area contributed by atoms with Crippen LogP contribution in [0.15, 0.2) is 53.4 Å². The van der Waals surface area contributed by atoms with Crippen molar-refractivity contribution in [3.05, 3.63) is 65.2 Å². The van der Waals surface area contributed by atoms with Gasteiger partial charge in [0.05, 0.1) is 12.0 Å². The molecule has 0 aromatic heterocycles. The Morgan fingerprint density at radius 3 is 2.30 bits per heavy atom. The number of rotatable bonds is 3. The highest BCUT2D eigenvalue weighted by atomic mass is 32.2.